The maximum atomic E-state index is 5.13. The van der Waals surface area contributed by atoms with Crippen molar-refractivity contribution < 1.29 is 0 Å². The second kappa shape index (κ2) is 36.7. The highest BCUT2D eigenvalue weighted by atomic mass is 15.2. The largest absolute Gasteiger partial charge is 0.293 e. The van der Waals surface area contributed by atoms with Gasteiger partial charge in [-0.15, -0.1) is 0 Å². The maximum absolute atomic E-state index is 5.13. The van der Waals surface area contributed by atoms with E-state index < -0.39 is 0 Å². The lowest BCUT2D eigenvalue weighted by Gasteiger charge is -2.12. The van der Waals surface area contributed by atoms with E-state index in [1.807, 2.05) is 97.1 Å². The van der Waals surface area contributed by atoms with Crippen molar-refractivity contribution in [3.05, 3.63) is 534 Å². The summed E-state index contributed by atoms with van der Waals surface area (Å²) in [7, 11) is 0. The number of aromatic nitrogens is 12. The number of benzene rings is 19. The third kappa shape index (κ3) is 15.4. The van der Waals surface area contributed by atoms with E-state index in [1.165, 1.54) is 88.2 Å². The van der Waals surface area contributed by atoms with E-state index in [1.54, 1.807) is 0 Å². The van der Waals surface area contributed by atoms with Crippen molar-refractivity contribution in [2.45, 2.75) is 0 Å². The molecule has 28 rings (SSSR count). The summed E-state index contributed by atoms with van der Waals surface area (Å²) in [5.74, 6) is 2.12. The zero-order chi connectivity index (χ0) is 95.3. The van der Waals surface area contributed by atoms with E-state index >= 15 is 0 Å². The first-order valence-corrected chi connectivity index (χ1v) is 48.6. The highest BCUT2D eigenvalue weighted by molar-refractivity contribution is 6.13. The molecule has 19 aromatic carbocycles. The molecular weight excluding hydrogens is 1750 g/mol. The SMILES string of the molecule is c1ccc(-c2cc(-c3ccc(-n4c5ccccc5n5c6ccccc6c(-c6ccccc6)c45)cc3)nc(-c3ccccc3)n2)cc1.c1ccc(-c2cc(-c3cccc(-n4c5ccccc5n5c6ccccc6c(-c6ccccc6)c45)c3)nc(-c3ccccc3)n2)cc1.c1ccc(-c2cccc(-c3cc(-c4ccc(-n5c6ccccc6n6c7ccccc7c(-c7ccccc7)c56)cc4)nc(-c4ccccc4)n3)c2)cc1. The van der Waals surface area contributed by atoms with Gasteiger partial charge >= 0.3 is 0 Å². The summed E-state index contributed by atoms with van der Waals surface area (Å²) in [5, 5.41) is 3.70. The molecule has 12 nitrogen and oxygen atoms in total. The second-order valence-corrected chi connectivity index (χ2v) is 36.0. The van der Waals surface area contributed by atoms with Crippen LogP contribution in [0.25, 0.3) is 246 Å². The van der Waals surface area contributed by atoms with Crippen molar-refractivity contribution in [2.75, 3.05) is 0 Å². The van der Waals surface area contributed by atoms with Gasteiger partial charge in [-0.1, -0.05) is 419 Å². The number of para-hydroxylation sites is 9. The first kappa shape index (κ1) is 84.9. The van der Waals surface area contributed by atoms with Crippen molar-refractivity contribution in [2.24, 2.45) is 0 Å². The Labute approximate surface area is 830 Å². The van der Waals surface area contributed by atoms with E-state index in [9.17, 15) is 0 Å². The molecule has 12 heteroatoms. The van der Waals surface area contributed by atoms with Crippen LogP contribution in [0.15, 0.2) is 534 Å². The molecule has 144 heavy (non-hydrogen) atoms. The van der Waals surface area contributed by atoms with Crippen LogP contribution in [0.5, 0.6) is 0 Å². The Balaban J connectivity index is 0.000000110. The summed E-state index contributed by atoms with van der Waals surface area (Å²) in [6.07, 6.45) is 0. The third-order valence-electron chi connectivity index (χ3n) is 27.4. The summed E-state index contributed by atoms with van der Waals surface area (Å²) >= 11 is 0. The maximum Gasteiger partial charge on any atom is 0.160 e. The van der Waals surface area contributed by atoms with Gasteiger partial charge < -0.3 is 0 Å². The Morgan fingerprint density at radius 3 is 0.653 bits per heavy atom. The fraction of sp³-hybridized carbons (Fsp3) is 0. The van der Waals surface area contributed by atoms with Gasteiger partial charge in [-0.2, -0.15) is 0 Å². The zero-order valence-corrected chi connectivity index (χ0v) is 78.2. The van der Waals surface area contributed by atoms with Gasteiger partial charge in [-0.05, 0) is 143 Å². The molecule has 0 saturated carbocycles. The van der Waals surface area contributed by atoms with Crippen LogP contribution in [0.4, 0.5) is 0 Å². The van der Waals surface area contributed by atoms with Crippen LogP contribution in [0.1, 0.15) is 0 Å². The van der Waals surface area contributed by atoms with Gasteiger partial charge in [-0.3, -0.25) is 26.9 Å². The summed E-state index contributed by atoms with van der Waals surface area (Å²) in [6.45, 7) is 0. The van der Waals surface area contributed by atoms with Crippen LogP contribution in [-0.2, 0) is 0 Å². The van der Waals surface area contributed by atoms with Gasteiger partial charge in [0.25, 0.3) is 0 Å². The van der Waals surface area contributed by atoms with Crippen LogP contribution in [0, 0.1) is 0 Å². The van der Waals surface area contributed by atoms with Crippen molar-refractivity contribution in [1.82, 2.24) is 56.8 Å². The summed E-state index contributed by atoms with van der Waals surface area (Å²) in [4.78, 5) is 30.4. The van der Waals surface area contributed by atoms with Crippen molar-refractivity contribution in [3.63, 3.8) is 0 Å². The standard InChI is InChI=1S/C48H32N4.2C42H28N4/c1-4-15-33(16-5-1)37-21-14-22-38(31-37)42-32-41(49-47(50-42)36-19-8-3-9-20-36)34-27-29-39(30-28-34)51-44-25-12-13-26-45(44)52-43-24-11-10-23-40(43)46(48(51)52)35-17-6-2-7-18-35;1-4-15-29(16-5-1)35-28-36(44-41(43-35)31-19-8-3-9-20-31)32-21-14-22-33(27-32)45-38-25-12-13-26-39(38)46-37-24-11-10-23-34(37)40(42(45)46)30-17-6-2-7-18-30;1-4-14-29(15-5-1)35-28-36(44-41(43-35)32-18-8-3-9-19-32)30-24-26-33(27-25-30)45-38-22-12-13-23-39(38)46-37-21-11-10-20-34(37)40(42(45)46)31-16-6-2-7-17-31/h1-32H;2*1-28H. The highest BCUT2D eigenvalue weighted by Gasteiger charge is 2.28. The average molecular weight is 1840 g/mol. The summed E-state index contributed by atoms with van der Waals surface area (Å²) < 4.78 is 14.4. The van der Waals surface area contributed by atoms with Gasteiger partial charge in [0, 0.05) is 100.0 Å². The lowest BCUT2D eigenvalue weighted by atomic mass is 10.0. The number of nitrogens with zero attached hydrogens (tertiary/aromatic N) is 12. The Hall–Kier alpha value is -19.6. The predicted octanol–water partition coefficient (Wildman–Crippen LogP) is 33.2. The molecule has 0 bridgehead atoms. The minimum atomic E-state index is 0.702. The molecule has 0 aliphatic heterocycles. The molecule has 0 unspecified atom stereocenters. The van der Waals surface area contributed by atoms with Crippen LogP contribution in [0.2, 0.25) is 0 Å². The Kier molecular flexibility index (Phi) is 21.7. The van der Waals surface area contributed by atoms with Crippen molar-refractivity contribution in [1.29, 1.82) is 0 Å². The molecule has 676 valence electrons. The number of imidazole rings is 3. The molecule has 0 saturated heterocycles. The first-order chi connectivity index (χ1) is 71.5. The molecule has 0 aliphatic rings. The molecule has 9 heterocycles. The van der Waals surface area contributed by atoms with E-state index in [-0.39, 0.29) is 0 Å². The Morgan fingerprint density at radius 1 is 0.125 bits per heavy atom. The molecule has 28 aromatic rings. The molecule has 0 radical (unpaired) electrons. The van der Waals surface area contributed by atoms with Gasteiger partial charge in [0.05, 0.1) is 83.8 Å². The number of rotatable bonds is 16. The summed E-state index contributed by atoms with van der Waals surface area (Å²) in [6, 6.07) is 187. The highest BCUT2D eigenvalue weighted by Crippen LogP contribution is 2.47. The molecule has 0 aliphatic carbocycles. The fourth-order valence-electron chi connectivity index (χ4n) is 20.8. The smallest absolute Gasteiger partial charge is 0.160 e. The first-order valence-electron chi connectivity index (χ1n) is 48.6. The minimum Gasteiger partial charge on any atom is -0.293 e. The van der Waals surface area contributed by atoms with Crippen molar-refractivity contribution in [3.8, 4) is 163 Å². The van der Waals surface area contributed by atoms with E-state index in [0.29, 0.717) is 17.5 Å². The molecular formula is C132H88N12. The van der Waals surface area contributed by atoms with Crippen molar-refractivity contribution >= 4 is 82.8 Å². The van der Waals surface area contributed by atoms with E-state index in [4.69, 9.17) is 29.9 Å². The van der Waals surface area contributed by atoms with Crippen LogP contribution < -0.4 is 0 Å². The third-order valence-corrected chi connectivity index (χ3v) is 27.4. The molecule has 0 N–H and O–H groups in total. The second-order valence-electron chi connectivity index (χ2n) is 36.0. The monoisotopic (exact) mass is 1840 g/mol. The normalized spacial score (nSPS) is 11.5. The number of fused-ring (bicyclic) bond motifs is 15. The van der Waals surface area contributed by atoms with Gasteiger partial charge in [0.15, 0.2) is 17.5 Å². The summed E-state index contributed by atoms with van der Waals surface area (Å²) in [5.41, 5.74) is 41.4. The fourth-order valence-corrected chi connectivity index (χ4v) is 20.8. The lowest BCUT2D eigenvalue weighted by molar-refractivity contribution is 1.14. The zero-order valence-electron chi connectivity index (χ0n) is 78.2. The molecule has 0 atom stereocenters. The van der Waals surface area contributed by atoms with Crippen LogP contribution >= 0.6 is 0 Å². The van der Waals surface area contributed by atoms with Crippen LogP contribution in [-0.4, -0.2) is 56.8 Å². The molecule has 9 aromatic heterocycles. The predicted molar refractivity (Wildman–Crippen MR) is 593 cm³/mol. The van der Waals surface area contributed by atoms with E-state index in [0.717, 1.165) is 140 Å². The lowest BCUT2D eigenvalue weighted by Crippen LogP contribution is -1.98. The van der Waals surface area contributed by atoms with Gasteiger partial charge in [-0.25, -0.2) is 29.9 Å². The molecule has 0 amide bonds. The van der Waals surface area contributed by atoms with E-state index in [2.05, 4.69) is 464 Å². The topological polar surface area (TPSA) is 105 Å². The molecule has 0 fully saturated rings. The number of hydrogen-bond acceptors (Lipinski definition) is 6. The van der Waals surface area contributed by atoms with Gasteiger partial charge in [0.2, 0.25) is 0 Å². The van der Waals surface area contributed by atoms with Crippen LogP contribution in [0.3, 0.4) is 0 Å². The minimum absolute atomic E-state index is 0.702. The van der Waals surface area contributed by atoms with Gasteiger partial charge in [0.1, 0.15) is 16.9 Å². The number of hydrogen-bond donors (Lipinski definition) is 0. The molecule has 0 spiro atoms. The average Bonchev–Trinajstić information content (AvgIpc) is 1.55. The quantitative estimate of drug-likeness (QED) is 0.0954. The Morgan fingerprint density at radius 2 is 0.340 bits per heavy atom. The Bertz CT molecular complexity index is 9520.